The minimum absolute atomic E-state index is 0.177. The Balaban J connectivity index is 1.51. The second kappa shape index (κ2) is 7.74. The number of para-hydroxylation sites is 1. The summed E-state index contributed by atoms with van der Waals surface area (Å²) >= 11 is 0. The van der Waals surface area contributed by atoms with Gasteiger partial charge in [-0.3, -0.25) is 4.79 Å². The van der Waals surface area contributed by atoms with Crippen molar-refractivity contribution in [3.05, 3.63) is 54.1 Å². The van der Waals surface area contributed by atoms with Crippen LogP contribution in [-0.2, 0) is 4.79 Å². The van der Waals surface area contributed by atoms with Crippen LogP contribution in [0.5, 0.6) is 0 Å². The third kappa shape index (κ3) is 3.92. The number of benzene rings is 2. The highest BCUT2D eigenvalue weighted by Crippen LogP contribution is 2.26. The van der Waals surface area contributed by atoms with Crippen molar-refractivity contribution in [3.8, 4) is 11.4 Å². The standard InChI is InChI=1S/C22H24N4O/c1-15-9-11-16(12-10-15)20-25-19-8-3-2-7-18(19)21(26-20)23-13-14-24-22(27)17-5-4-6-17/h2-3,7-12,17H,4-6,13-14H2,1H3,(H,24,27)(H,23,25,26). The molecule has 2 aromatic carbocycles. The quantitative estimate of drug-likeness (QED) is 0.654. The first kappa shape index (κ1) is 17.5. The van der Waals surface area contributed by atoms with E-state index in [4.69, 9.17) is 9.97 Å². The highest BCUT2D eigenvalue weighted by atomic mass is 16.1. The van der Waals surface area contributed by atoms with Crippen molar-refractivity contribution in [1.29, 1.82) is 0 Å². The highest BCUT2D eigenvalue weighted by Gasteiger charge is 2.24. The predicted molar refractivity (Wildman–Crippen MR) is 109 cm³/mol. The number of rotatable bonds is 6. The zero-order chi connectivity index (χ0) is 18.6. The van der Waals surface area contributed by atoms with Crippen molar-refractivity contribution in [1.82, 2.24) is 15.3 Å². The summed E-state index contributed by atoms with van der Waals surface area (Å²) in [7, 11) is 0. The van der Waals surface area contributed by atoms with E-state index >= 15 is 0 Å². The molecule has 5 heteroatoms. The molecule has 1 amide bonds. The largest absolute Gasteiger partial charge is 0.368 e. The molecule has 0 saturated heterocycles. The lowest BCUT2D eigenvalue weighted by molar-refractivity contribution is -0.127. The number of aromatic nitrogens is 2. The molecule has 0 spiro atoms. The molecule has 1 aliphatic carbocycles. The molecule has 138 valence electrons. The number of carbonyl (C=O) groups excluding carboxylic acids is 1. The van der Waals surface area contributed by atoms with E-state index in [0.717, 1.165) is 35.1 Å². The van der Waals surface area contributed by atoms with Crippen molar-refractivity contribution in [2.45, 2.75) is 26.2 Å². The average molecular weight is 360 g/mol. The van der Waals surface area contributed by atoms with Crippen molar-refractivity contribution in [3.63, 3.8) is 0 Å². The summed E-state index contributed by atoms with van der Waals surface area (Å²) in [6.45, 7) is 3.29. The molecule has 0 bridgehead atoms. The number of nitrogens with zero attached hydrogens (tertiary/aromatic N) is 2. The number of nitrogens with one attached hydrogen (secondary N) is 2. The van der Waals surface area contributed by atoms with Crippen molar-refractivity contribution < 1.29 is 4.79 Å². The van der Waals surface area contributed by atoms with Gasteiger partial charge in [0.05, 0.1) is 5.52 Å². The number of carbonyl (C=O) groups is 1. The summed E-state index contributed by atoms with van der Waals surface area (Å²) in [4.78, 5) is 21.4. The Morgan fingerprint density at radius 3 is 2.56 bits per heavy atom. The molecule has 0 unspecified atom stereocenters. The number of hydrogen-bond acceptors (Lipinski definition) is 4. The average Bonchev–Trinajstić information content (AvgIpc) is 2.64. The van der Waals surface area contributed by atoms with Crippen LogP contribution in [0.15, 0.2) is 48.5 Å². The summed E-state index contributed by atoms with van der Waals surface area (Å²) in [6.07, 6.45) is 3.22. The second-order valence-electron chi connectivity index (χ2n) is 7.12. The third-order valence-electron chi connectivity index (χ3n) is 5.11. The second-order valence-corrected chi connectivity index (χ2v) is 7.12. The first-order valence-electron chi connectivity index (χ1n) is 9.56. The van der Waals surface area contributed by atoms with Crippen molar-refractivity contribution in [2.24, 2.45) is 5.92 Å². The number of anilines is 1. The molecule has 4 rings (SSSR count). The molecular formula is C22H24N4O. The monoisotopic (exact) mass is 360 g/mol. The van der Waals surface area contributed by atoms with Gasteiger partial charge in [-0.2, -0.15) is 0 Å². The maximum atomic E-state index is 12.0. The lowest BCUT2D eigenvalue weighted by atomic mass is 9.85. The van der Waals surface area contributed by atoms with Crippen LogP contribution in [0.3, 0.4) is 0 Å². The molecule has 0 radical (unpaired) electrons. The Morgan fingerprint density at radius 2 is 1.81 bits per heavy atom. The molecular weight excluding hydrogens is 336 g/mol. The van der Waals surface area contributed by atoms with E-state index in [1.165, 1.54) is 12.0 Å². The number of fused-ring (bicyclic) bond motifs is 1. The molecule has 2 N–H and O–H groups in total. The fraction of sp³-hybridized carbons (Fsp3) is 0.318. The van der Waals surface area contributed by atoms with E-state index < -0.39 is 0 Å². The van der Waals surface area contributed by atoms with Crippen molar-refractivity contribution in [2.75, 3.05) is 18.4 Å². The molecule has 1 fully saturated rings. The zero-order valence-corrected chi connectivity index (χ0v) is 15.5. The van der Waals surface area contributed by atoms with Gasteiger partial charge in [-0.15, -0.1) is 0 Å². The first-order valence-corrected chi connectivity index (χ1v) is 9.56. The van der Waals surface area contributed by atoms with E-state index in [1.54, 1.807) is 0 Å². The van der Waals surface area contributed by atoms with Gasteiger partial charge in [-0.25, -0.2) is 9.97 Å². The van der Waals surface area contributed by atoms with Gasteiger partial charge in [-0.1, -0.05) is 48.4 Å². The molecule has 1 heterocycles. The van der Waals surface area contributed by atoms with Crippen LogP contribution in [0.25, 0.3) is 22.3 Å². The van der Waals surface area contributed by atoms with Crippen LogP contribution < -0.4 is 10.6 Å². The van der Waals surface area contributed by atoms with E-state index in [1.807, 2.05) is 36.4 Å². The molecule has 27 heavy (non-hydrogen) atoms. The molecule has 1 aromatic heterocycles. The smallest absolute Gasteiger partial charge is 0.223 e. The Hall–Kier alpha value is -2.95. The summed E-state index contributed by atoms with van der Waals surface area (Å²) in [5.41, 5.74) is 3.11. The molecule has 0 atom stereocenters. The van der Waals surface area contributed by atoms with E-state index in [9.17, 15) is 4.79 Å². The summed E-state index contributed by atoms with van der Waals surface area (Å²) in [5, 5.41) is 7.37. The summed E-state index contributed by atoms with van der Waals surface area (Å²) < 4.78 is 0. The van der Waals surface area contributed by atoms with Gasteiger partial charge in [0.25, 0.3) is 0 Å². The minimum atomic E-state index is 0.177. The molecule has 1 saturated carbocycles. The number of aryl methyl sites for hydroxylation is 1. The van der Waals surface area contributed by atoms with Gasteiger partial charge in [-0.05, 0) is 31.9 Å². The van der Waals surface area contributed by atoms with Crippen LogP contribution in [0.2, 0.25) is 0 Å². The van der Waals surface area contributed by atoms with Gasteiger partial charge in [0.2, 0.25) is 5.91 Å². The van der Waals surface area contributed by atoms with Gasteiger partial charge < -0.3 is 10.6 Å². The van der Waals surface area contributed by atoms with Crippen molar-refractivity contribution >= 4 is 22.6 Å². The SMILES string of the molecule is Cc1ccc(-c2nc(NCCNC(=O)C3CCC3)c3ccccc3n2)cc1. The summed E-state index contributed by atoms with van der Waals surface area (Å²) in [5.74, 6) is 1.90. The van der Waals surface area contributed by atoms with E-state index in [0.29, 0.717) is 18.9 Å². The maximum Gasteiger partial charge on any atom is 0.223 e. The minimum Gasteiger partial charge on any atom is -0.368 e. The topological polar surface area (TPSA) is 66.9 Å². The first-order chi connectivity index (χ1) is 13.2. The van der Waals surface area contributed by atoms with E-state index in [-0.39, 0.29) is 11.8 Å². The Kier molecular flexibility index (Phi) is 5.01. The fourth-order valence-corrected chi connectivity index (χ4v) is 3.22. The predicted octanol–water partition coefficient (Wildman–Crippen LogP) is 3.93. The normalized spacial score (nSPS) is 14.0. The molecule has 0 aliphatic heterocycles. The molecule has 1 aliphatic rings. The Labute approximate surface area is 159 Å². The fourth-order valence-electron chi connectivity index (χ4n) is 3.22. The number of amides is 1. The van der Waals surface area contributed by atoms with Crippen LogP contribution in [0.4, 0.5) is 5.82 Å². The van der Waals surface area contributed by atoms with Crippen LogP contribution in [-0.4, -0.2) is 29.0 Å². The zero-order valence-electron chi connectivity index (χ0n) is 15.5. The van der Waals surface area contributed by atoms with Gasteiger partial charge in [0, 0.05) is 30.0 Å². The maximum absolute atomic E-state index is 12.0. The van der Waals surface area contributed by atoms with Crippen LogP contribution in [0.1, 0.15) is 24.8 Å². The lowest BCUT2D eigenvalue weighted by Gasteiger charge is -2.24. The molecule has 5 nitrogen and oxygen atoms in total. The summed E-state index contributed by atoms with van der Waals surface area (Å²) in [6, 6.07) is 16.2. The highest BCUT2D eigenvalue weighted by molar-refractivity contribution is 5.90. The van der Waals surface area contributed by atoms with Crippen LogP contribution in [0, 0.1) is 12.8 Å². The lowest BCUT2D eigenvalue weighted by Crippen LogP contribution is -2.36. The van der Waals surface area contributed by atoms with Gasteiger partial charge >= 0.3 is 0 Å². The number of hydrogen-bond donors (Lipinski definition) is 2. The molecule has 3 aromatic rings. The Bertz CT molecular complexity index is 948. The third-order valence-corrected chi connectivity index (χ3v) is 5.11. The van der Waals surface area contributed by atoms with E-state index in [2.05, 4.69) is 29.7 Å². The van der Waals surface area contributed by atoms with Gasteiger partial charge in [0.15, 0.2) is 5.82 Å². The van der Waals surface area contributed by atoms with Crippen LogP contribution >= 0.6 is 0 Å². The van der Waals surface area contributed by atoms with Gasteiger partial charge in [0.1, 0.15) is 5.82 Å². The Morgan fingerprint density at radius 1 is 1.04 bits per heavy atom.